The van der Waals surface area contributed by atoms with Crippen molar-refractivity contribution in [3.05, 3.63) is 29.8 Å². The van der Waals surface area contributed by atoms with E-state index in [4.69, 9.17) is 9.47 Å². The predicted octanol–water partition coefficient (Wildman–Crippen LogP) is 2.29. The zero-order valence-electron chi connectivity index (χ0n) is 12.2. The number of esters is 2. The molecule has 0 aromatic heterocycles. The quantitative estimate of drug-likeness (QED) is 0.748. The van der Waals surface area contributed by atoms with E-state index in [0.717, 1.165) is 0 Å². The third-order valence-corrected chi connectivity index (χ3v) is 2.72. The van der Waals surface area contributed by atoms with Crippen LogP contribution in [0, 0.1) is 0 Å². The number of benzene rings is 1. The Hall–Kier alpha value is -2.04. The van der Waals surface area contributed by atoms with Crippen molar-refractivity contribution in [1.29, 1.82) is 0 Å². The first kappa shape index (κ1) is 16.0. The van der Waals surface area contributed by atoms with Gasteiger partial charge in [0.1, 0.15) is 5.75 Å². The first-order valence-corrected chi connectivity index (χ1v) is 6.39. The van der Waals surface area contributed by atoms with Crippen molar-refractivity contribution in [3.8, 4) is 5.75 Å². The summed E-state index contributed by atoms with van der Waals surface area (Å²) in [5, 5.41) is 0. The van der Waals surface area contributed by atoms with Gasteiger partial charge >= 0.3 is 11.9 Å². The lowest BCUT2D eigenvalue weighted by Crippen LogP contribution is -2.19. The van der Waals surface area contributed by atoms with E-state index in [0.29, 0.717) is 11.3 Å². The molecule has 0 bridgehead atoms. The van der Waals surface area contributed by atoms with E-state index in [9.17, 15) is 9.59 Å². The average Bonchev–Trinajstić information content (AvgIpc) is 2.43. The fourth-order valence-corrected chi connectivity index (χ4v) is 1.81. The van der Waals surface area contributed by atoms with Gasteiger partial charge in [-0.15, -0.1) is 0 Å². The van der Waals surface area contributed by atoms with Gasteiger partial charge in [0, 0.05) is 0 Å². The van der Waals surface area contributed by atoms with Crippen molar-refractivity contribution in [2.24, 2.45) is 0 Å². The second-order valence-electron chi connectivity index (χ2n) is 4.60. The van der Waals surface area contributed by atoms with Crippen molar-refractivity contribution >= 4 is 11.9 Å². The Balaban J connectivity index is 3.00. The second kappa shape index (κ2) is 7.53. The molecule has 110 valence electrons. The van der Waals surface area contributed by atoms with Crippen molar-refractivity contribution in [1.82, 2.24) is 0 Å². The summed E-state index contributed by atoms with van der Waals surface area (Å²) in [7, 11) is 2.58. The third kappa shape index (κ3) is 4.57. The van der Waals surface area contributed by atoms with Crippen LogP contribution in [-0.4, -0.2) is 32.3 Å². The molecule has 0 amide bonds. The summed E-state index contributed by atoms with van der Waals surface area (Å²) in [5.41, 5.74) is 0.667. The van der Waals surface area contributed by atoms with E-state index in [1.165, 1.54) is 14.2 Å². The Labute approximate surface area is 118 Å². The fourth-order valence-electron chi connectivity index (χ4n) is 1.81. The van der Waals surface area contributed by atoms with Gasteiger partial charge in [-0.2, -0.15) is 0 Å². The molecule has 0 heterocycles. The Bertz CT molecular complexity index is 467. The first-order valence-electron chi connectivity index (χ1n) is 6.39. The summed E-state index contributed by atoms with van der Waals surface area (Å²) < 4.78 is 14.9. The average molecular weight is 280 g/mol. The molecule has 1 rings (SSSR count). The number of carbonyl (C=O) groups excluding carboxylic acids is 2. The van der Waals surface area contributed by atoms with Crippen molar-refractivity contribution < 1.29 is 23.8 Å². The Kier molecular flexibility index (Phi) is 6.03. The molecule has 1 aromatic rings. The van der Waals surface area contributed by atoms with Gasteiger partial charge in [0.2, 0.25) is 0 Å². The highest BCUT2D eigenvalue weighted by molar-refractivity contribution is 5.84. The first-order chi connectivity index (χ1) is 9.47. The lowest BCUT2D eigenvalue weighted by Gasteiger charge is -2.16. The van der Waals surface area contributed by atoms with Gasteiger partial charge in [-0.1, -0.05) is 12.1 Å². The van der Waals surface area contributed by atoms with Gasteiger partial charge in [0.25, 0.3) is 0 Å². The molecule has 0 aliphatic rings. The molecule has 0 saturated carbocycles. The maximum atomic E-state index is 11.8. The van der Waals surface area contributed by atoms with Crippen LogP contribution in [0.1, 0.15) is 31.7 Å². The number of carbonyl (C=O) groups is 2. The lowest BCUT2D eigenvalue weighted by molar-refractivity contribution is -0.149. The summed E-state index contributed by atoms with van der Waals surface area (Å²) in [6.45, 7) is 3.83. The zero-order valence-corrected chi connectivity index (χ0v) is 12.2. The van der Waals surface area contributed by atoms with Crippen molar-refractivity contribution in [2.75, 3.05) is 14.2 Å². The monoisotopic (exact) mass is 280 g/mol. The SMILES string of the molecule is COC(=O)CC(C(=O)OC)c1cccc(OC(C)C)c1. The van der Waals surface area contributed by atoms with Crippen LogP contribution >= 0.6 is 0 Å². The summed E-state index contributed by atoms with van der Waals surface area (Å²) >= 11 is 0. The number of hydrogen-bond acceptors (Lipinski definition) is 5. The Morgan fingerprint density at radius 1 is 1.15 bits per heavy atom. The number of ether oxygens (including phenoxy) is 3. The van der Waals surface area contributed by atoms with Crippen LogP contribution in [-0.2, 0) is 19.1 Å². The molecule has 0 aliphatic carbocycles. The maximum Gasteiger partial charge on any atom is 0.313 e. The molecule has 0 saturated heterocycles. The smallest absolute Gasteiger partial charge is 0.313 e. The predicted molar refractivity (Wildman–Crippen MR) is 73.6 cm³/mol. The highest BCUT2D eigenvalue weighted by Gasteiger charge is 2.25. The van der Waals surface area contributed by atoms with Gasteiger partial charge in [0.15, 0.2) is 0 Å². The molecule has 5 nitrogen and oxygen atoms in total. The number of rotatable bonds is 6. The van der Waals surface area contributed by atoms with Crippen LogP contribution in [0.4, 0.5) is 0 Å². The molecule has 0 fully saturated rings. The molecule has 20 heavy (non-hydrogen) atoms. The molecule has 1 atom stereocenters. The third-order valence-electron chi connectivity index (χ3n) is 2.72. The molecule has 1 aromatic carbocycles. The summed E-state index contributed by atoms with van der Waals surface area (Å²) in [4.78, 5) is 23.2. The van der Waals surface area contributed by atoms with Gasteiger partial charge < -0.3 is 14.2 Å². The van der Waals surface area contributed by atoms with Crippen molar-refractivity contribution in [3.63, 3.8) is 0 Å². The molecule has 0 aliphatic heterocycles. The molecule has 0 spiro atoms. The minimum atomic E-state index is -0.692. The van der Waals surface area contributed by atoms with Crippen LogP contribution in [0.2, 0.25) is 0 Å². The zero-order chi connectivity index (χ0) is 15.1. The molecular formula is C15H20O5. The van der Waals surface area contributed by atoms with E-state index in [2.05, 4.69) is 4.74 Å². The largest absolute Gasteiger partial charge is 0.491 e. The van der Waals surface area contributed by atoms with E-state index in [1.54, 1.807) is 24.3 Å². The summed E-state index contributed by atoms with van der Waals surface area (Å²) in [5.74, 6) is -0.980. The van der Waals surface area contributed by atoms with Gasteiger partial charge in [0.05, 0.1) is 32.7 Å². The Morgan fingerprint density at radius 3 is 2.40 bits per heavy atom. The van der Waals surface area contributed by atoms with E-state index in [1.807, 2.05) is 13.8 Å². The molecule has 0 radical (unpaired) electrons. The topological polar surface area (TPSA) is 61.8 Å². The lowest BCUT2D eigenvalue weighted by atomic mass is 9.95. The van der Waals surface area contributed by atoms with Crippen LogP contribution in [0.25, 0.3) is 0 Å². The molecule has 1 unspecified atom stereocenters. The summed E-state index contributed by atoms with van der Waals surface area (Å²) in [6, 6.07) is 7.08. The van der Waals surface area contributed by atoms with Crippen molar-refractivity contribution in [2.45, 2.75) is 32.3 Å². The van der Waals surface area contributed by atoms with Gasteiger partial charge in [-0.3, -0.25) is 9.59 Å². The second-order valence-corrected chi connectivity index (χ2v) is 4.60. The molecular weight excluding hydrogens is 260 g/mol. The normalized spacial score (nSPS) is 11.8. The standard InChI is InChI=1S/C15H20O5/c1-10(2)20-12-7-5-6-11(8-12)13(15(17)19-4)9-14(16)18-3/h5-8,10,13H,9H2,1-4H3. The van der Waals surface area contributed by atoms with E-state index < -0.39 is 17.9 Å². The number of methoxy groups -OCH3 is 2. The summed E-state index contributed by atoms with van der Waals surface area (Å²) in [6.07, 6.45) is -0.0312. The number of hydrogen-bond donors (Lipinski definition) is 0. The minimum absolute atomic E-state index is 0.0300. The van der Waals surface area contributed by atoms with E-state index >= 15 is 0 Å². The Morgan fingerprint density at radius 2 is 1.85 bits per heavy atom. The van der Waals surface area contributed by atoms with Gasteiger partial charge in [-0.05, 0) is 31.5 Å². The maximum absolute atomic E-state index is 11.8. The van der Waals surface area contributed by atoms with Crippen LogP contribution in [0.5, 0.6) is 5.75 Å². The highest BCUT2D eigenvalue weighted by Crippen LogP contribution is 2.26. The molecule has 5 heteroatoms. The van der Waals surface area contributed by atoms with Crippen LogP contribution < -0.4 is 4.74 Å². The van der Waals surface area contributed by atoms with Gasteiger partial charge in [-0.25, -0.2) is 0 Å². The molecule has 0 N–H and O–H groups in total. The van der Waals surface area contributed by atoms with Crippen LogP contribution in [0.3, 0.4) is 0 Å². The highest BCUT2D eigenvalue weighted by atomic mass is 16.5. The minimum Gasteiger partial charge on any atom is -0.491 e. The fraction of sp³-hybridized carbons (Fsp3) is 0.467. The van der Waals surface area contributed by atoms with Crippen LogP contribution in [0.15, 0.2) is 24.3 Å². The van der Waals surface area contributed by atoms with E-state index in [-0.39, 0.29) is 12.5 Å².